The van der Waals surface area contributed by atoms with Gasteiger partial charge in [-0.15, -0.1) is 15.3 Å². The normalized spacial score (nSPS) is 10.8. The molecule has 0 saturated carbocycles. The number of carbonyl (C=O) groups excluding carboxylic acids is 2. The van der Waals surface area contributed by atoms with Crippen LogP contribution in [0.25, 0.3) is 4.96 Å². The van der Waals surface area contributed by atoms with Gasteiger partial charge in [0.2, 0.25) is 9.97 Å². The zero-order valence-electron chi connectivity index (χ0n) is 11.3. The number of amides is 1. The number of hydrogen-bond acceptors (Lipinski definition) is 6. The first-order valence-electron chi connectivity index (χ1n) is 6.16. The molecule has 106 valence electrons. The van der Waals surface area contributed by atoms with Crippen LogP contribution >= 0.6 is 11.3 Å². The summed E-state index contributed by atoms with van der Waals surface area (Å²) in [5, 5.41) is 15.0. The van der Waals surface area contributed by atoms with E-state index in [-0.39, 0.29) is 11.7 Å². The third-order valence-corrected chi connectivity index (χ3v) is 3.79. The zero-order chi connectivity index (χ0) is 15.0. The second-order valence-electron chi connectivity index (χ2n) is 4.44. The molecule has 0 aliphatic rings. The number of rotatable bonds is 3. The second kappa shape index (κ2) is 5.06. The Bertz CT molecular complexity index is 834. The zero-order valence-corrected chi connectivity index (χ0v) is 12.1. The van der Waals surface area contributed by atoms with Crippen LogP contribution in [0.15, 0.2) is 24.3 Å². The van der Waals surface area contributed by atoms with Crippen LogP contribution < -0.4 is 5.32 Å². The third kappa shape index (κ3) is 2.52. The molecule has 2 aromatic heterocycles. The van der Waals surface area contributed by atoms with Gasteiger partial charge in [-0.3, -0.25) is 9.59 Å². The molecule has 0 saturated heterocycles. The Morgan fingerprint density at radius 3 is 2.52 bits per heavy atom. The molecule has 0 atom stereocenters. The molecule has 0 spiro atoms. The van der Waals surface area contributed by atoms with E-state index in [4.69, 9.17) is 0 Å². The van der Waals surface area contributed by atoms with Crippen molar-refractivity contribution in [3.8, 4) is 0 Å². The summed E-state index contributed by atoms with van der Waals surface area (Å²) in [7, 11) is 0. The molecule has 1 amide bonds. The van der Waals surface area contributed by atoms with E-state index in [0.717, 1.165) is 0 Å². The van der Waals surface area contributed by atoms with Crippen LogP contribution in [0.3, 0.4) is 0 Å². The molecule has 0 unspecified atom stereocenters. The van der Waals surface area contributed by atoms with Gasteiger partial charge in [-0.05, 0) is 38.1 Å². The molecule has 1 N–H and O–H groups in total. The predicted octanol–water partition coefficient (Wildman–Crippen LogP) is 1.95. The summed E-state index contributed by atoms with van der Waals surface area (Å²) >= 11 is 1.17. The molecule has 0 bridgehead atoms. The molecule has 3 aromatic rings. The Balaban J connectivity index is 1.80. The largest absolute Gasteiger partial charge is 0.320 e. The number of fused-ring (bicyclic) bond motifs is 1. The van der Waals surface area contributed by atoms with Crippen molar-refractivity contribution in [1.82, 2.24) is 19.8 Å². The van der Waals surface area contributed by atoms with Crippen molar-refractivity contribution >= 4 is 33.7 Å². The van der Waals surface area contributed by atoms with Gasteiger partial charge in [-0.2, -0.15) is 4.52 Å². The van der Waals surface area contributed by atoms with E-state index in [2.05, 4.69) is 20.6 Å². The number of carbonyl (C=O) groups is 2. The number of nitrogens with zero attached hydrogens (tertiary/aromatic N) is 4. The Hall–Kier alpha value is -2.61. The van der Waals surface area contributed by atoms with Gasteiger partial charge < -0.3 is 5.32 Å². The highest BCUT2D eigenvalue weighted by atomic mass is 32.1. The van der Waals surface area contributed by atoms with E-state index in [1.165, 1.54) is 22.8 Å². The number of anilines is 1. The number of aryl methyl sites for hydroxylation is 1. The Labute approximate surface area is 123 Å². The summed E-state index contributed by atoms with van der Waals surface area (Å²) < 4.78 is 1.53. The minimum atomic E-state index is -0.319. The molecule has 8 heteroatoms. The molecule has 21 heavy (non-hydrogen) atoms. The maximum Gasteiger partial charge on any atom is 0.286 e. The average molecular weight is 301 g/mol. The summed E-state index contributed by atoms with van der Waals surface area (Å²) in [5.74, 6) is 0.295. The number of hydrogen-bond donors (Lipinski definition) is 1. The Morgan fingerprint density at radius 1 is 1.19 bits per heavy atom. The van der Waals surface area contributed by atoms with Crippen molar-refractivity contribution in [2.75, 3.05) is 5.32 Å². The molecule has 3 rings (SSSR count). The fourth-order valence-electron chi connectivity index (χ4n) is 1.78. The maximum absolute atomic E-state index is 12.1. The van der Waals surface area contributed by atoms with Gasteiger partial charge in [-0.25, -0.2) is 0 Å². The van der Waals surface area contributed by atoms with Crippen LogP contribution in [0.5, 0.6) is 0 Å². The minimum Gasteiger partial charge on any atom is -0.320 e. The van der Waals surface area contributed by atoms with Crippen molar-refractivity contribution in [3.05, 3.63) is 40.7 Å². The minimum absolute atomic E-state index is 0.0167. The van der Waals surface area contributed by atoms with E-state index in [0.29, 0.717) is 27.0 Å². The molecule has 0 radical (unpaired) electrons. The molecular formula is C13H11N5O2S. The molecule has 0 aliphatic carbocycles. The monoisotopic (exact) mass is 301 g/mol. The third-order valence-electron chi connectivity index (χ3n) is 2.89. The van der Waals surface area contributed by atoms with Gasteiger partial charge in [0, 0.05) is 11.3 Å². The summed E-state index contributed by atoms with van der Waals surface area (Å²) in [6.45, 7) is 3.26. The van der Waals surface area contributed by atoms with Gasteiger partial charge in [0.1, 0.15) is 0 Å². The fraction of sp³-hybridized carbons (Fsp3) is 0.154. The van der Waals surface area contributed by atoms with Gasteiger partial charge >= 0.3 is 0 Å². The van der Waals surface area contributed by atoms with Gasteiger partial charge in [-0.1, -0.05) is 11.3 Å². The van der Waals surface area contributed by atoms with Crippen molar-refractivity contribution < 1.29 is 9.59 Å². The van der Waals surface area contributed by atoms with E-state index >= 15 is 0 Å². The van der Waals surface area contributed by atoms with Crippen molar-refractivity contribution in [2.24, 2.45) is 0 Å². The van der Waals surface area contributed by atoms with E-state index in [1.807, 2.05) is 0 Å². The number of nitrogens with one attached hydrogen (secondary N) is 1. The Morgan fingerprint density at radius 2 is 1.90 bits per heavy atom. The highest BCUT2D eigenvalue weighted by Gasteiger charge is 2.15. The second-order valence-corrected chi connectivity index (χ2v) is 5.39. The van der Waals surface area contributed by atoms with E-state index < -0.39 is 0 Å². The molecule has 0 aliphatic heterocycles. The quantitative estimate of drug-likeness (QED) is 0.747. The first-order chi connectivity index (χ1) is 10.0. The van der Waals surface area contributed by atoms with Crippen molar-refractivity contribution in [2.45, 2.75) is 13.8 Å². The lowest BCUT2D eigenvalue weighted by atomic mass is 10.1. The van der Waals surface area contributed by atoms with E-state index in [9.17, 15) is 9.59 Å². The standard InChI is InChI=1S/C13H11N5O2S/c1-7(19)9-3-5-10(6-4-9)14-11(20)12-17-18-8(2)15-16-13(18)21-12/h3-6H,1-2H3,(H,14,20). The molecule has 7 nitrogen and oxygen atoms in total. The van der Waals surface area contributed by atoms with Crippen LogP contribution in [0, 0.1) is 6.92 Å². The van der Waals surface area contributed by atoms with Crippen LogP contribution in [0.4, 0.5) is 5.69 Å². The van der Waals surface area contributed by atoms with Crippen molar-refractivity contribution in [3.63, 3.8) is 0 Å². The number of aromatic nitrogens is 4. The van der Waals surface area contributed by atoms with Crippen LogP contribution in [0.2, 0.25) is 0 Å². The SMILES string of the molecule is CC(=O)c1ccc(NC(=O)c2nn3c(C)nnc3s2)cc1. The summed E-state index contributed by atoms with van der Waals surface area (Å²) in [6, 6.07) is 6.70. The average Bonchev–Trinajstić information content (AvgIpc) is 3.02. The summed E-state index contributed by atoms with van der Waals surface area (Å²) in [4.78, 5) is 23.9. The van der Waals surface area contributed by atoms with Gasteiger partial charge in [0.05, 0.1) is 0 Å². The maximum atomic E-state index is 12.1. The van der Waals surface area contributed by atoms with Crippen molar-refractivity contribution in [1.29, 1.82) is 0 Å². The molecule has 0 fully saturated rings. The number of Topliss-reactive ketones (excluding diaryl/α,β-unsaturated/α-hetero) is 1. The lowest BCUT2D eigenvalue weighted by Gasteiger charge is -2.03. The highest BCUT2D eigenvalue weighted by Crippen LogP contribution is 2.16. The van der Waals surface area contributed by atoms with Crippen LogP contribution in [0.1, 0.15) is 32.9 Å². The lowest BCUT2D eigenvalue weighted by molar-refractivity contribution is 0.101. The summed E-state index contributed by atoms with van der Waals surface area (Å²) in [5.41, 5.74) is 1.20. The van der Waals surface area contributed by atoms with Gasteiger partial charge in [0.25, 0.3) is 5.91 Å². The predicted molar refractivity (Wildman–Crippen MR) is 77.8 cm³/mol. The Kier molecular flexibility index (Phi) is 3.22. The number of benzene rings is 1. The fourth-order valence-corrected chi connectivity index (χ4v) is 2.56. The lowest BCUT2D eigenvalue weighted by Crippen LogP contribution is -2.12. The topological polar surface area (TPSA) is 89.2 Å². The summed E-state index contributed by atoms with van der Waals surface area (Å²) in [6.07, 6.45) is 0. The molecule has 2 heterocycles. The first-order valence-corrected chi connectivity index (χ1v) is 6.97. The first kappa shape index (κ1) is 13.4. The highest BCUT2D eigenvalue weighted by molar-refractivity contribution is 7.18. The van der Waals surface area contributed by atoms with Gasteiger partial charge in [0.15, 0.2) is 11.6 Å². The molecular weight excluding hydrogens is 290 g/mol. The van der Waals surface area contributed by atoms with Crippen LogP contribution in [-0.2, 0) is 0 Å². The smallest absolute Gasteiger partial charge is 0.286 e. The van der Waals surface area contributed by atoms with E-state index in [1.54, 1.807) is 31.2 Å². The number of ketones is 1. The molecule has 1 aromatic carbocycles. The van der Waals surface area contributed by atoms with Crippen LogP contribution in [-0.4, -0.2) is 31.5 Å².